The molecule has 1 aliphatic carbocycles. The third-order valence-electron chi connectivity index (χ3n) is 3.84. The summed E-state index contributed by atoms with van der Waals surface area (Å²) < 4.78 is 4.96. The van der Waals surface area contributed by atoms with Crippen LogP contribution in [0.2, 0.25) is 0 Å². The molecule has 2 rings (SSSR count). The lowest BCUT2D eigenvalue weighted by atomic mass is 10.0. The molecule has 1 atom stereocenters. The summed E-state index contributed by atoms with van der Waals surface area (Å²) in [6.07, 6.45) is 3.65. The van der Waals surface area contributed by atoms with Crippen molar-refractivity contribution in [2.45, 2.75) is 56.5 Å². The molecule has 0 radical (unpaired) electrons. The summed E-state index contributed by atoms with van der Waals surface area (Å²) in [4.78, 5) is 13.3. The molecule has 1 aromatic rings. The summed E-state index contributed by atoms with van der Waals surface area (Å²) in [5.41, 5.74) is 2.29. The molecule has 4 heteroatoms. The lowest BCUT2D eigenvalue weighted by Crippen LogP contribution is -2.54. The molecule has 1 aromatic carbocycles. The molecule has 0 spiro atoms. The number of esters is 1. The van der Waals surface area contributed by atoms with Gasteiger partial charge in [-0.1, -0.05) is 6.07 Å². The van der Waals surface area contributed by atoms with Gasteiger partial charge >= 0.3 is 5.97 Å². The lowest BCUT2D eigenvalue weighted by Gasteiger charge is -2.29. The summed E-state index contributed by atoms with van der Waals surface area (Å²) in [6, 6.07) is 6.91. The van der Waals surface area contributed by atoms with Gasteiger partial charge in [0, 0.05) is 16.7 Å². The van der Waals surface area contributed by atoms with Crippen LogP contribution in [0.15, 0.2) is 23.1 Å². The first-order chi connectivity index (χ1) is 9.94. The van der Waals surface area contributed by atoms with Crippen LogP contribution in [-0.4, -0.2) is 30.4 Å². The maximum absolute atomic E-state index is 12.1. The van der Waals surface area contributed by atoms with Crippen molar-refractivity contribution in [3.05, 3.63) is 29.3 Å². The molecule has 116 valence electrons. The van der Waals surface area contributed by atoms with E-state index in [4.69, 9.17) is 4.74 Å². The highest BCUT2D eigenvalue weighted by Gasteiger charge is 2.34. The van der Waals surface area contributed by atoms with Gasteiger partial charge in [0.1, 0.15) is 5.54 Å². The van der Waals surface area contributed by atoms with Crippen LogP contribution in [-0.2, 0) is 22.4 Å². The predicted octanol–water partition coefficient (Wildman–Crippen LogP) is 3.20. The fourth-order valence-electron chi connectivity index (χ4n) is 2.89. The van der Waals surface area contributed by atoms with Gasteiger partial charge in [0.25, 0.3) is 0 Å². The molecule has 0 aromatic heterocycles. The topological polar surface area (TPSA) is 38.3 Å². The van der Waals surface area contributed by atoms with E-state index in [0.717, 1.165) is 0 Å². The van der Waals surface area contributed by atoms with E-state index in [1.165, 1.54) is 42.4 Å². The number of carbonyl (C=O) groups is 1. The van der Waals surface area contributed by atoms with Crippen LogP contribution in [0.25, 0.3) is 0 Å². The molecular formula is C17H25NO2S. The van der Waals surface area contributed by atoms with E-state index in [1.54, 1.807) is 11.8 Å². The van der Waals surface area contributed by atoms with Gasteiger partial charge in [-0.25, -0.2) is 0 Å². The molecule has 1 N–H and O–H groups in total. The van der Waals surface area contributed by atoms with E-state index in [0.29, 0.717) is 5.75 Å². The second kappa shape index (κ2) is 6.84. The van der Waals surface area contributed by atoms with Gasteiger partial charge in [0.2, 0.25) is 0 Å². The van der Waals surface area contributed by atoms with E-state index >= 15 is 0 Å². The summed E-state index contributed by atoms with van der Waals surface area (Å²) >= 11 is 1.72. The van der Waals surface area contributed by atoms with Crippen molar-refractivity contribution in [3.63, 3.8) is 0 Å². The van der Waals surface area contributed by atoms with E-state index < -0.39 is 5.54 Å². The number of hydrogen-bond acceptors (Lipinski definition) is 4. The molecule has 0 saturated carbocycles. The average Bonchev–Trinajstić information content (AvgIpc) is 2.91. The standard InChI is InChI=1S/C17H25NO2S/c1-12(2)18-17(3,16(19)20-4)11-21-15-9-8-13-6-5-7-14(13)10-15/h8-10,12,18H,5-7,11H2,1-4H3. The molecule has 0 saturated heterocycles. The first kappa shape index (κ1) is 16.4. The SMILES string of the molecule is COC(=O)C(C)(CSc1ccc2c(c1)CCC2)NC(C)C. The number of carbonyl (C=O) groups excluding carboxylic acids is 1. The van der Waals surface area contributed by atoms with E-state index in [9.17, 15) is 4.79 Å². The van der Waals surface area contributed by atoms with E-state index in [2.05, 4.69) is 23.5 Å². The predicted molar refractivity (Wildman–Crippen MR) is 87.9 cm³/mol. The third-order valence-corrected chi connectivity index (χ3v) is 5.15. The van der Waals surface area contributed by atoms with Crippen molar-refractivity contribution < 1.29 is 9.53 Å². The highest BCUT2D eigenvalue weighted by molar-refractivity contribution is 7.99. The molecule has 1 unspecified atom stereocenters. The minimum Gasteiger partial charge on any atom is -0.468 e. The van der Waals surface area contributed by atoms with Gasteiger partial charge < -0.3 is 4.74 Å². The largest absolute Gasteiger partial charge is 0.468 e. The Labute approximate surface area is 131 Å². The summed E-state index contributed by atoms with van der Waals surface area (Å²) in [5, 5.41) is 3.33. The first-order valence-electron chi connectivity index (χ1n) is 7.55. The Morgan fingerprint density at radius 2 is 2.10 bits per heavy atom. The lowest BCUT2D eigenvalue weighted by molar-refractivity contribution is -0.147. The second-order valence-electron chi connectivity index (χ2n) is 6.20. The quantitative estimate of drug-likeness (QED) is 0.647. The fourth-order valence-corrected chi connectivity index (χ4v) is 3.93. The first-order valence-corrected chi connectivity index (χ1v) is 8.54. The maximum atomic E-state index is 12.1. The van der Waals surface area contributed by atoms with Crippen LogP contribution in [0.5, 0.6) is 0 Å². The van der Waals surface area contributed by atoms with Crippen molar-refractivity contribution in [2.24, 2.45) is 0 Å². The number of fused-ring (bicyclic) bond motifs is 1. The fraction of sp³-hybridized carbons (Fsp3) is 0.588. The zero-order valence-electron chi connectivity index (χ0n) is 13.4. The van der Waals surface area contributed by atoms with Crippen LogP contribution < -0.4 is 5.32 Å². The molecule has 0 heterocycles. The number of rotatable bonds is 6. The Morgan fingerprint density at radius 1 is 1.38 bits per heavy atom. The van der Waals surface area contributed by atoms with Gasteiger partial charge in [-0.15, -0.1) is 11.8 Å². The van der Waals surface area contributed by atoms with Gasteiger partial charge in [0.05, 0.1) is 7.11 Å². The zero-order valence-corrected chi connectivity index (χ0v) is 14.2. The van der Waals surface area contributed by atoms with E-state index in [1.807, 2.05) is 20.8 Å². The summed E-state index contributed by atoms with van der Waals surface area (Å²) in [6.45, 7) is 6.00. The molecule has 3 nitrogen and oxygen atoms in total. The number of methoxy groups -OCH3 is 1. The number of ether oxygens (including phenoxy) is 1. The summed E-state index contributed by atoms with van der Waals surface area (Å²) in [5.74, 6) is 0.460. The van der Waals surface area contributed by atoms with Gasteiger partial charge in [-0.05, 0) is 63.3 Å². The molecular weight excluding hydrogens is 282 g/mol. The van der Waals surface area contributed by atoms with Crippen LogP contribution >= 0.6 is 11.8 Å². The van der Waals surface area contributed by atoms with Crippen LogP contribution in [0.3, 0.4) is 0 Å². The minimum absolute atomic E-state index is 0.204. The molecule has 0 aliphatic heterocycles. The Kier molecular flexibility index (Phi) is 5.33. The van der Waals surface area contributed by atoms with Gasteiger partial charge in [0.15, 0.2) is 0 Å². The smallest absolute Gasteiger partial charge is 0.326 e. The maximum Gasteiger partial charge on any atom is 0.326 e. The number of nitrogens with one attached hydrogen (secondary N) is 1. The van der Waals surface area contributed by atoms with Crippen LogP contribution in [0.1, 0.15) is 38.3 Å². The number of aryl methyl sites for hydroxylation is 2. The summed E-state index contributed by atoms with van der Waals surface area (Å²) in [7, 11) is 1.45. The van der Waals surface area contributed by atoms with Crippen molar-refractivity contribution in [1.29, 1.82) is 0 Å². The zero-order chi connectivity index (χ0) is 15.5. The number of thioether (sulfide) groups is 1. The minimum atomic E-state index is -0.660. The van der Waals surface area contributed by atoms with Gasteiger partial charge in [-0.2, -0.15) is 0 Å². The molecule has 21 heavy (non-hydrogen) atoms. The number of benzene rings is 1. The van der Waals surface area contributed by atoms with Crippen molar-refractivity contribution in [2.75, 3.05) is 12.9 Å². The highest BCUT2D eigenvalue weighted by Crippen LogP contribution is 2.29. The third kappa shape index (κ3) is 4.01. The highest BCUT2D eigenvalue weighted by atomic mass is 32.2. The molecule has 1 aliphatic rings. The van der Waals surface area contributed by atoms with Crippen LogP contribution in [0, 0.1) is 0 Å². The molecule has 0 fully saturated rings. The normalized spacial score (nSPS) is 16.6. The van der Waals surface area contributed by atoms with Crippen molar-refractivity contribution in [1.82, 2.24) is 5.32 Å². The Balaban J connectivity index is 2.06. The van der Waals surface area contributed by atoms with Crippen molar-refractivity contribution in [3.8, 4) is 0 Å². The average molecular weight is 307 g/mol. The second-order valence-corrected chi connectivity index (χ2v) is 7.24. The van der Waals surface area contributed by atoms with E-state index in [-0.39, 0.29) is 12.0 Å². The Morgan fingerprint density at radius 3 is 2.76 bits per heavy atom. The monoisotopic (exact) mass is 307 g/mol. The molecule has 0 bridgehead atoms. The number of hydrogen-bond donors (Lipinski definition) is 1. The van der Waals surface area contributed by atoms with Gasteiger partial charge in [-0.3, -0.25) is 10.1 Å². The van der Waals surface area contributed by atoms with Crippen molar-refractivity contribution >= 4 is 17.7 Å². The molecule has 0 amide bonds. The Hall–Kier alpha value is -1.00. The van der Waals surface area contributed by atoms with Crippen LogP contribution in [0.4, 0.5) is 0 Å². The Bertz CT molecular complexity index is 516.